The Morgan fingerprint density at radius 1 is 1.30 bits per heavy atom. The molecule has 1 aliphatic rings. The standard InChI is InChI=1S/C17H23N3O2S/c1-21-17-6-2-4-14(19-17)12-18-13-15(16-5-3-11-23-16)20-7-9-22-10-8-20/h2-6,11,15,18H,7-10,12-13H2,1H3. The first-order valence-corrected chi connectivity index (χ1v) is 8.80. The number of aromatic nitrogens is 1. The molecule has 1 unspecified atom stereocenters. The summed E-state index contributed by atoms with van der Waals surface area (Å²) >= 11 is 1.82. The highest BCUT2D eigenvalue weighted by Gasteiger charge is 2.23. The first-order chi connectivity index (χ1) is 11.4. The van der Waals surface area contributed by atoms with Gasteiger partial charge in [0.15, 0.2) is 0 Å². The second-order valence-corrected chi connectivity index (χ2v) is 6.46. The summed E-state index contributed by atoms with van der Waals surface area (Å²) < 4.78 is 10.7. The van der Waals surface area contributed by atoms with Crippen LogP contribution < -0.4 is 10.1 Å². The Hall–Kier alpha value is -1.47. The summed E-state index contributed by atoms with van der Waals surface area (Å²) in [7, 11) is 1.64. The van der Waals surface area contributed by atoms with Crippen molar-refractivity contribution in [1.29, 1.82) is 0 Å². The number of rotatable bonds is 7. The van der Waals surface area contributed by atoms with Crippen LogP contribution in [0.2, 0.25) is 0 Å². The Bertz CT molecular complexity index is 585. The average molecular weight is 333 g/mol. The van der Waals surface area contributed by atoms with Crippen molar-refractivity contribution in [3.8, 4) is 5.88 Å². The van der Waals surface area contributed by atoms with E-state index in [0.717, 1.165) is 45.1 Å². The normalized spacial score (nSPS) is 17.1. The third-order valence-electron chi connectivity index (χ3n) is 3.99. The fourth-order valence-electron chi connectivity index (χ4n) is 2.79. The molecule has 6 heteroatoms. The zero-order chi connectivity index (χ0) is 15.9. The van der Waals surface area contributed by atoms with Gasteiger partial charge in [-0.05, 0) is 17.5 Å². The SMILES string of the molecule is COc1cccc(CNCC(c2cccs2)N2CCOCC2)n1. The van der Waals surface area contributed by atoms with Crippen LogP contribution in [0.1, 0.15) is 16.6 Å². The second kappa shape index (κ2) is 8.40. The highest BCUT2D eigenvalue weighted by atomic mass is 32.1. The predicted octanol–water partition coefficient (Wildman–Crippen LogP) is 2.31. The van der Waals surface area contributed by atoms with Crippen LogP contribution >= 0.6 is 11.3 Å². The molecule has 1 atom stereocenters. The van der Waals surface area contributed by atoms with Gasteiger partial charge in [-0.3, -0.25) is 4.90 Å². The van der Waals surface area contributed by atoms with Gasteiger partial charge in [-0.1, -0.05) is 12.1 Å². The fraction of sp³-hybridized carbons (Fsp3) is 0.471. The van der Waals surface area contributed by atoms with E-state index in [1.165, 1.54) is 4.88 Å². The zero-order valence-electron chi connectivity index (χ0n) is 13.4. The lowest BCUT2D eigenvalue weighted by molar-refractivity contribution is 0.0168. The lowest BCUT2D eigenvalue weighted by atomic mass is 10.2. The van der Waals surface area contributed by atoms with Crippen LogP contribution in [0.25, 0.3) is 0 Å². The molecule has 0 saturated carbocycles. The lowest BCUT2D eigenvalue weighted by Crippen LogP contribution is -2.42. The summed E-state index contributed by atoms with van der Waals surface area (Å²) in [4.78, 5) is 8.35. The summed E-state index contributed by atoms with van der Waals surface area (Å²) in [6, 6.07) is 10.6. The molecule has 0 amide bonds. The summed E-state index contributed by atoms with van der Waals surface area (Å²) in [5.41, 5.74) is 0.997. The Morgan fingerprint density at radius 2 is 2.17 bits per heavy atom. The minimum absolute atomic E-state index is 0.393. The quantitative estimate of drug-likeness (QED) is 0.842. The molecule has 124 valence electrons. The van der Waals surface area contributed by atoms with E-state index in [4.69, 9.17) is 9.47 Å². The molecule has 1 N–H and O–H groups in total. The number of hydrogen-bond acceptors (Lipinski definition) is 6. The zero-order valence-corrected chi connectivity index (χ0v) is 14.2. The van der Waals surface area contributed by atoms with E-state index in [9.17, 15) is 0 Å². The van der Waals surface area contributed by atoms with Gasteiger partial charge in [0.2, 0.25) is 5.88 Å². The van der Waals surface area contributed by atoms with Crippen molar-refractivity contribution in [2.75, 3.05) is 40.0 Å². The molecule has 0 aromatic carbocycles. The van der Waals surface area contributed by atoms with Crippen molar-refractivity contribution in [3.05, 3.63) is 46.3 Å². The predicted molar refractivity (Wildman–Crippen MR) is 91.9 cm³/mol. The highest BCUT2D eigenvalue weighted by molar-refractivity contribution is 7.10. The number of morpholine rings is 1. The minimum atomic E-state index is 0.393. The molecule has 23 heavy (non-hydrogen) atoms. The summed E-state index contributed by atoms with van der Waals surface area (Å²) in [5, 5.41) is 5.69. The van der Waals surface area contributed by atoms with E-state index < -0.39 is 0 Å². The Balaban J connectivity index is 1.60. The first kappa shape index (κ1) is 16.4. The summed E-state index contributed by atoms with van der Waals surface area (Å²) in [6.07, 6.45) is 0. The van der Waals surface area contributed by atoms with Gasteiger partial charge in [0.25, 0.3) is 0 Å². The molecule has 0 bridgehead atoms. The van der Waals surface area contributed by atoms with Crippen LogP contribution in [0.15, 0.2) is 35.7 Å². The van der Waals surface area contributed by atoms with Gasteiger partial charge in [0.05, 0.1) is 32.1 Å². The van der Waals surface area contributed by atoms with Crippen molar-refractivity contribution < 1.29 is 9.47 Å². The second-order valence-electron chi connectivity index (χ2n) is 5.48. The monoisotopic (exact) mass is 333 g/mol. The summed E-state index contributed by atoms with van der Waals surface area (Å²) in [5.74, 6) is 0.660. The minimum Gasteiger partial charge on any atom is -0.481 e. The van der Waals surface area contributed by atoms with Crippen LogP contribution in [0.4, 0.5) is 0 Å². The number of thiophene rings is 1. The van der Waals surface area contributed by atoms with Crippen molar-refractivity contribution in [2.24, 2.45) is 0 Å². The number of nitrogens with zero attached hydrogens (tertiary/aromatic N) is 2. The lowest BCUT2D eigenvalue weighted by Gasteiger charge is -2.34. The van der Waals surface area contributed by atoms with E-state index >= 15 is 0 Å². The van der Waals surface area contributed by atoms with Crippen LogP contribution in [0, 0.1) is 0 Å². The van der Waals surface area contributed by atoms with Crippen LogP contribution in [-0.4, -0.2) is 49.8 Å². The Morgan fingerprint density at radius 3 is 2.91 bits per heavy atom. The van der Waals surface area contributed by atoms with Gasteiger partial charge in [-0.2, -0.15) is 0 Å². The van der Waals surface area contributed by atoms with Crippen LogP contribution in [0.5, 0.6) is 5.88 Å². The molecular weight excluding hydrogens is 310 g/mol. The van der Waals surface area contributed by atoms with Gasteiger partial charge in [0.1, 0.15) is 0 Å². The van der Waals surface area contributed by atoms with Crippen molar-refractivity contribution >= 4 is 11.3 Å². The van der Waals surface area contributed by atoms with Gasteiger partial charge < -0.3 is 14.8 Å². The van der Waals surface area contributed by atoms with E-state index in [-0.39, 0.29) is 0 Å². The third-order valence-corrected chi connectivity index (χ3v) is 4.97. The molecule has 1 fully saturated rings. The number of nitrogens with one attached hydrogen (secondary N) is 1. The van der Waals surface area contributed by atoms with Crippen molar-refractivity contribution in [3.63, 3.8) is 0 Å². The van der Waals surface area contributed by atoms with Crippen molar-refractivity contribution in [1.82, 2.24) is 15.2 Å². The molecule has 0 radical (unpaired) electrons. The number of methoxy groups -OCH3 is 1. The molecule has 2 aromatic rings. The maximum Gasteiger partial charge on any atom is 0.213 e. The largest absolute Gasteiger partial charge is 0.481 e. The van der Waals surface area contributed by atoms with Crippen LogP contribution in [0.3, 0.4) is 0 Å². The molecule has 3 rings (SSSR count). The molecule has 2 aromatic heterocycles. The number of ether oxygens (including phenoxy) is 2. The topological polar surface area (TPSA) is 46.6 Å². The first-order valence-electron chi connectivity index (χ1n) is 7.92. The average Bonchev–Trinajstić information content (AvgIpc) is 3.14. The fourth-order valence-corrected chi connectivity index (χ4v) is 3.65. The van der Waals surface area contributed by atoms with Gasteiger partial charge in [-0.25, -0.2) is 4.98 Å². The smallest absolute Gasteiger partial charge is 0.213 e. The molecule has 1 aliphatic heterocycles. The summed E-state index contributed by atoms with van der Waals surface area (Å²) in [6.45, 7) is 5.25. The molecule has 0 aliphatic carbocycles. The molecule has 0 spiro atoms. The molecular formula is C17H23N3O2S. The van der Waals surface area contributed by atoms with Crippen LogP contribution in [-0.2, 0) is 11.3 Å². The van der Waals surface area contributed by atoms with E-state index in [1.54, 1.807) is 7.11 Å². The molecule has 1 saturated heterocycles. The Kier molecular flexibility index (Phi) is 5.99. The number of hydrogen-bond donors (Lipinski definition) is 1. The van der Waals surface area contributed by atoms with E-state index in [1.807, 2.05) is 29.5 Å². The molecule has 5 nitrogen and oxygen atoms in total. The van der Waals surface area contributed by atoms with Gasteiger partial charge in [0, 0.05) is 37.1 Å². The molecule has 3 heterocycles. The highest BCUT2D eigenvalue weighted by Crippen LogP contribution is 2.25. The maximum atomic E-state index is 5.48. The van der Waals surface area contributed by atoms with Gasteiger partial charge >= 0.3 is 0 Å². The Labute approximate surface area is 141 Å². The van der Waals surface area contributed by atoms with Crippen molar-refractivity contribution in [2.45, 2.75) is 12.6 Å². The number of pyridine rings is 1. The third kappa shape index (κ3) is 4.51. The maximum absolute atomic E-state index is 5.48. The van der Waals surface area contributed by atoms with E-state index in [0.29, 0.717) is 11.9 Å². The van der Waals surface area contributed by atoms with Gasteiger partial charge in [-0.15, -0.1) is 11.3 Å². The van der Waals surface area contributed by atoms with E-state index in [2.05, 4.69) is 32.7 Å².